The summed E-state index contributed by atoms with van der Waals surface area (Å²) in [5.74, 6) is 0.0292. The normalized spacial score (nSPS) is 10.4. The Bertz CT molecular complexity index is 749. The first-order valence-electron chi connectivity index (χ1n) is 6.66. The highest BCUT2D eigenvalue weighted by atomic mass is 16.6. The molecule has 1 aromatic carbocycles. The van der Waals surface area contributed by atoms with E-state index in [2.05, 4.69) is 20.6 Å². The number of nitrogens with one attached hydrogen (secondary N) is 2. The van der Waals surface area contributed by atoms with Crippen LogP contribution in [-0.4, -0.2) is 25.9 Å². The second-order valence-electron chi connectivity index (χ2n) is 4.91. The zero-order valence-electron chi connectivity index (χ0n) is 12.4. The quantitative estimate of drug-likeness (QED) is 0.612. The Morgan fingerprint density at radius 1 is 1.09 bits per heavy atom. The molecule has 0 atom stereocenters. The summed E-state index contributed by atoms with van der Waals surface area (Å²) in [5, 5.41) is 27.7. The minimum Gasteiger partial charge on any atom is -0.362 e. The lowest BCUT2D eigenvalue weighted by Gasteiger charge is -2.11. The molecule has 1 heterocycles. The zero-order valence-corrected chi connectivity index (χ0v) is 12.4. The molecule has 1 aromatic heterocycles. The topological polar surface area (TPSA) is 136 Å². The van der Waals surface area contributed by atoms with Crippen molar-refractivity contribution in [3.05, 3.63) is 50.8 Å². The van der Waals surface area contributed by atoms with Crippen molar-refractivity contribution < 1.29 is 9.85 Å². The number of anilines is 3. The Labute approximate surface area is 130 Å². The Morgan fingerprint density at radius 3 is 2.39 bits per heavy atom. The first-order chi connectivity index (χ1) is 10.9. The third kappa shape index (κ3) is 3.87. The Morgan fingerprint density at radius 2 is 1.78 bits per heavy atom. The third-order valence-electron chi connectivity index (χ3n) is 2.75. The van der Waals surface area contributed by atoms with E-state index in [1.807, 2.05) is 13.8 Å². The van der Waals surface area contributed by atoms with Gasteiger partial charge in [0.1, 0.15) is 6.33 Å². The molecule has 0 bridgehead atoms. The van der Waals surface area contributed by atoms with Gasteiger partial charge >= 0.3 is 5.69 Å². The van der Waals surface area contributed by atoms with Crippen LogP contribution in [0.1, 0.15) is 13.8 Å². The minimum atomic E-state index is -0.607. The van der Waals surface area contributed by atoms with Crippen molar-refractivity contribution in [3.8, 4) is 0 Å². The molecule has 0 saturated heterocycles. The molecule has 0 saturated carbocycles. The van der Waals surface area contributed by atoms with E-state index >= 15 is 0 Å². The number of hydrogen-bond acceptors (Lipinski definition) is 8. The number of nitro groups is 2. The standard InChI is InChI=1S/C13H14N6O4/c1-8(2)16-12-11(19(22)23)13(15-7-14-12)17-9-4-3-5-10(6-9)18(20)21/h3-8H,1-2H3,(H2,14,15,16,17). The summed E-state index contributed by atoms with van der Waals surface area (Å²) < 4.78 is 0. The molecule has 2 rings (SSSR count). The summed E-state index contributed by atoms with van der Waals surface area (Å²) in [6.07, 6.45) is 1.18. The van der Waals surface area contributed by atoms with Crippen molar-refractivity contribution in [2.24, 2.45) is 0 Å². The van der Waals surface area contributed by atoms with E-state index in [-0.39, 0.29) is 29.1 Å². The second-order valence-corrected chi connectivity index (χ2v) is 4.91. The second kappa shape index (κ2) is 6.64. The maximum Gasteiger partial charge on any atom is 0.353 e. The summed E-state index contributed by atoms with van der Waals surface area (Å²) in [7, 11) is 0. The van der Waals surface area contributed by atoms with Gasteiger partial charge < -0.3 is 10.6 Å². The van der Waals surface area contributed by atoms with Crippen molar-refractivity contribution in [2.45, 2.75) is 19.9 Å². The van der Waals surface area contributed by atoms with Crippen LogP contribution in [0.5, 0.6) is 0 Å². The van der Waals surface area contributed by atoms with Crippen molar-refractivity contribution in [3.63, 3.8) is 0 Å². The summed E-state index contributed by atoms with van der Waals surface area (Å²) in [6, 6.07) is 5.55. The molecule has 120 valence electrons. The number of benzene rings is 1. The maximum absolute atomic E-state index is 11.3. The van der Waals surface area contributed by atoms with Crippen molar-refractivity contribution in [1.82, 2.24) is 9.97 Å². The van der Waals surface area contributed by atoms with E-state index in [0.29, 0.717) is 5.69 Å². The molecule has 0 radical (unpaired) electrons. The zero-order chi connectivity index (χ0) is 17.0. The van der Waals surface area contributed by atoms with Gasteiger partial charge in [0.2, 0.25) is 11.6 Å². The van der Waals surface area contributed by atoms with Crippen LogP contribution in [0, 0.1) is 20.2 Å². The fraction of sp³-hybridized carbons (Fsp3) is 0.231. The van der Waals surface area contributed by atoms with Gasteiger partial charge in [-0.15, -0.1) is 0 Å². The van der Waals surface area contributed by atoms with Gasteiger partial charge in [-0.2, -0.15) is 0 Å². The van der Waals surface area contributed by atoms with Crippen LogP contribution in [0.4, 0.5) is 28.7 Å². The van der Waals surface area contributed by atoms with Crippen LogP contribution in [-0.2, 0) is 0 Å². The smallest absolute Gasteiger partial charge is 0.353 e. The number of nitrogens with zero attached hydrogens (tertiary/aromatic N) is 4. The summed E-state index contributed by atoms with van der Waals surface area (Å²) in [6.45, 7) is 3.64. The molecular weight excluding hydrogens is 304 g/mol. The number of aromatic nitrogens is 2. The fourth-order valence-electron chi connectivity index (χ4n) is 1.86. The number of non-ortho nitro benzene ring substituents is 1. The van der Waals surface area contributed by atoms with Gasteiger partial charge in [-0.25, -0.2) is 9.97 Å². The van der Waals surface area contributed by atoms with E-state index in [0.717, 1.165) is 0 Å². The molecule has 0 fully saturated rings. The first kappa shape index (κ1) is 16.1. The SMILES string of the molecule is CC(C)Nc1ncnc(Nc2cccc([N+](=O)[O-])c2)c1[N+](=O)[O-]. The lowest BCUT2D eigenvalue weighted by molar-refractivity contribution is -0.384. The average Bonchev–Trinajstić information content (AvgIpc) is 2.46. The highest BCUT2D eigenvalue weighted by Crippen LogP contribution is 2.32. The van der Waals surface area contributed by atoms with Crippen molar-refractivity contribution in [2.75, 3.05) is 10.6 Å². The van der Waals surface area contributed by atoms with Crippen LogP contribution in [0.3, 0.4) is 0 Å². The van der Waals surface area contributed by atoms with Crippen LogP contribution >= 0.6 is 0 Å². The largest absolute Gasteiger partial charge is 0.362 e. The van der Waals surface area contributed by atoms with E-state index in [1.165, 1.54) is 24.5 Å². The van der Waals surface area contributed by atoms with Gasteiger partial charge in [-0.1, -0.05) is 6.07 Å². The minimum absolute atomic E-state index is 0.0475. The summed E-state index contributed by atoms with van der Waals surface area (Å²) >= 11 is 0. The van der Waals surface area contributed by atoms with Gasteiger partial charge in [-0.3, -0.25) is 20.2 Å². The van der Waals surface area contributed by atoms with Gasteiger partial charge in [0.25, 0.3) is 5.69 Å². The Balaban J connectivity index is 2.41. The van der Waals surface area contributed by atoms with Crippen LogP contribution < -0.4 is 10.6 Å². The summed E-state index contributed by atoms with van der Waals surface area (Å²) in [4.78, 5) is 28.7. The lowest BCUT2D eigenvalue weighted by atomic mass is 10.2. The number of rotatable bonds is 6. The monoisotopic (exact) mass is 318 g/mol. The fourth-order valence-corrected chi connectivity index (χ4v) is 1.86. The molecule has 0 aliphatic rings. The highest BCUT2D eigenvalue weighted by Gasteiger charge is 2.23. The molecule has 2 N–H and O–H groups in total. The van der Waals surface area contributed by atoms with Gasteiger partial charge in [0, 0.05) is 23.9 Å². The molecule has 0 aliphatic carbocycles. The molecule has 0 unspecified atom stereocenters. The average molecular weight is 318 g/mol. The molecule has 23 heavy (non-hydrogen) atoms. The van der Waals surface area contributed by atoms with Crippen LogP contribution in [0.15, 0.2) is 30.6 Å². The van der Waals surface area contributed by atoms with Gasteiger partial charge in [-0.05, 0) is 19.9 Å². The molecule has 0 spiro atoms. The number of hydrogen-bond donors (Lipinski definition) is 2. The van der Waals surface area contributed by atoms with Gasteiger partial charge in [0.05, 0.1) is 9.85 Å². The van der Waals surface area contributed by atoms with Crippen LogP contribution in [0.25, 0.3) is 0 Å². The molecule has 0 amide bonds. The van der Waals surface area contributed by atoms with E-state index in [9.17, 15) is 20.2 Å². The summed E-state index contributed by atoms with van der Waals surface area (Å²) in [5.41, 5.74) is -0.142. The maximum atomic E-state index is 11.3. The lowest BCUT2D eigenvalue weighted by Crippen LogP contribution is -2.14. The van der Waals surface area contributed by atoms with Gasteiger partial charge in [0.15, 0.2) is 0 Å². The molecule has 2 aromatic rings. The Hall–Kier alpha value is -3.30. The van der Waals surface area contributed by atoms with Crippen molar-refractivity contribution >= 4 is 28.7 Å². The predicted octanol–water partition coefficient (Wildman–Crippen LogP) is 2.86. The molecule has 10 nitrogen and oxygen atoms in total. The van der Waals surface area contributed by atoms with E-state index in [4.69, 9.17) is 0 Å². The Kier molecular flexibility index (Phi) is 4.64. The highest BCUT2D eigenvalue weighted by molar-refractivity contribution is 5.74. The van der Waals surface area contributed by atoms with E-state index in [1.54, 1.807) is 6.07 Å². The first-order valence-corrected chi connectivity index (χ1v) is 6.66. The van der Waals surface area contributed by atoms with Crippen LogP contribution in [0.2, 0.25) is 0 Å². The molecule has 10 heteroatoms. The predicted molar refractivity (Wildman–Crippen MR) is 83.8 cm³/mol. The molecular formula is C13H14N6O4. The number of nitro benzene ring substituents is 1. The third-order valence-corrected chi connectivity index (χ3v) is 2.75. The molecule has 0 aliphatic heterocycles. The van der Waals surface area contributed by atoms with Crippen molar-refractivity contribution in [1.29, 1.82) is 0 Å². The van der Waals surface area contributed by atoms with E-state index < -0.39 is 9.85 Å².